The minimum Gasteiger partial charge on any atom is -0.477 e. The number of aromatic amines is 1. The van der Waals surface area contributed by atoms with Crippen LogP contribution < -0.4 is 0 Å². The summed E-state index contributed by atoms with van der Waals surface area (Å²) in [5, 5.41) is 8.51. The first-order chi connectivity index (χ1) is 5.09. The Morgan fingerprint density at radius 2 is 2.45 bits per heavy atom. The summed E-state index contributed by atoms with van der Waals surface area (Å²) in [5.41, 5.74) is 0.675. The number of aryl methyl sites for hydroxylation is 1. The van der Waals surface area contributed by atoms with Crippen molar-refractivity contribution in [1.82, 2.24) is 9.97 Å². The second-order valence-corrected chi connectivity index (χ2v) is 2.45. The van der Waals surface area contributed by atoms with E-state index in [-0.39, 0.29) is 10.5 Å². The lowest BCUT2D eigenvalue weighted by molar-refractivity contribution is 0.0690. The minimum absolute atomic E-state index is 0.0220. The van der Waals surface area contributed by atoms with E-state index in [9.17, 15) is 4.79 Å². The highest BCUT2D eigenvalue weighted by molar-refractivity contribution is 7.71. The monoisotopic (exact) mass is 170 g/mol. The number of carboxylic acid groups (broad SMARTS) is 1. The van der Waals surface area contributed by atoms with E-state index in [0.717, 1.165) is 0 Å². The van der Waals surface area contributed by atoms with Crippen LogP contribution in [0.15, 0.2) is 6.07 Å². The molecule has 11 heavy (non-hydrogen) atoms. The molecular weight excluding hydrogens is 164 g/mol. The molecule has 0 saturated heterocycles. The SMILES string of the molecule is Cc1cc(C(=O)O)nc(=S)[nH]1. The lowest BCUT2D eigenvalue weighted by atomic mass is 10.3. The summed E-state index contributed by atoms with van der Waals surface area (Å²) >= 11 is 4.68. The quantitative estimate of drug-likeness (QED) is 0.620. The predicted octanol–water partition coefficient (Wildman–Crippen LogP) is 1.15. The van der Waals surface area contributed by atoms with Crippen LogP contribution in [0.2, 0.25) is 0 Å². The summed E-state index contributed by atoms with van der Waals surface area (Å²) in [7, 11) is 0. The average molecular weight is 170 g/mol. The molecule has 2 N–H and O–H groups in total. The van der Waals surface area contributed by atoms with Gasteiger partial charge in [0, 0.05) is 5.69 Å². The maximum Gasteiger partial charge on any atom is 0.354 e. The van der Waals surface area contributed by atoms with Crippen LogP contribution in [0.1, 0.15) is 16.2 Å². The number of nitrogens with one attached hydrogen (secondary N) is 1. The molecule has 5 heteroatoms. The second-order valence-electron chi connectivity index (χ2n) is 2.06. The molecule has 0 atom stereocenters. The molecule has 0 fully saturated rings. The van der Waals surface area contributed by atoms with Crippen molar-refractivity contribution in [2.45, 2.75) is 6.92 Å². The second kappa shape index (κ2) is 2.79. The molecule has 0 amide bonds. The Hall–Kier alpha value is -1.23. The Labute approximate surface area is 67.9 Å². The highest BCUT2D eigenvalue weighted by atomic mass is 32.1. The van der Waals surface area contributed by atoms with E-state index >= 15 is 0 Å². The fourth-order valence-electron chi connectivity index (χ4n) is 0.689. The number of carboxylic acids is 1. The van der Waals surface area contributed by atoms with Gasteiger partial charge in [0.05, 0.1) is 0 Å². The van der Waals surface area contributed by atoms with E-state index in [0.29, 0.717) is 5.69 Å². The van der Waals surface area contributed by atoms with Crippen molar-refractivity contribution in [3.63, 3.8) is 0 Å². The first-order valence-corrected chi connectivity index (χ1v) is 3.31. The molecule has 1 aromatic rings. The van der Waals surface area contributed by atoms with Crippen LogP contribution in [0.3, 0.4) is 0 Å². The number of rotatable bonds is 1. The number of H-pyrrole nitrogens is 1. The zero-order valence-electron chi connectivity index (χ0n) is 5.79. The van der Waals surface area contributed by atoms with E-state index < -0.39 is 5.97 Å². The average Bonchev–Trinajstić information content (AvgIpc) is 1.85. The lowest BCUT2D eigenvalue weighted by Crippen LogP contribution is -2.02. The molecule has 0 aliphatic rings. The van der Waals surface area contributed by atoms with E-state index in [4.69, 9.17) is 5.11 Å². The van der Waals surface area contributed by atoms with Crippen LogP contribution in [0, 0.1) is 11.7 Å². The van der Waals surface area contributed by atoms with Crippen molar-refractivity contribution >= 4 is 18.2 Å². The summed E-state index contributed by atoms with van der Waals surface area (Å²) in [4.78, 5) is 16.7. The van der Waals surface area contributed by atoms with Gasteiger partial charge in [-0.2, -0.15) is 0 Å². The number of aromatic carboxylic acids is 1. The van der Waals surface area contributed by atoms with Crippen molar-refractivity contribution in [3.05, 3.63) is 22.2 Å². The molecule has 0 saturated carbocycles. The molecule has 1 rings (SSSR count). The van der Waals surface area contributed by atoms with Crippen molar-refractivity contribution in [1.29, 1.82) is 0 Å². The summed E-state index contributed by atoms with van der Waals surface area (Å²) in [6.07, 6.45) is 0. The van der Waals surface area contributed by atoms with Crippen molar-refractivity contribution in [2.24, 2.45) is 0 Å². The van der Waals surface area contributed by atoms with Crippen LogP contribution in [0.25, 0.3) is 0 Å². The third-order valence-electron chi connectivity index (χ3n) is 1.10. The normalized spacial score (nSPS) is 9.55. The van der Waals surface area contributed by atoms with Gasteiger partial charge in [0.25, 0.3) is 0 Å². The van der Waals surface area contributed by atoms with Crippen LogP contribution in [0.5, 0.6) is 0 Å². The number of carbonyl (C=O) groups is 1. The van der Waals surface area contributed by atoms with Gasteiger partial charge < -0.3 is 10.1 Å². The highest BCUT2D eigenvalue weighted by Gasteiger charge is 2.03. The van der Waals surface area contributed by atoms with Gasteiger partial charge in [0.15, 0.2) is 10.5 Å². The molecule has 0 aromatic carbocycles. The largest absolute Gasteiger partial charge is 0.477 e. The van der Waals surface area contributed by atoms with E-state index in [1.165, 1.54) is 6.07 Å². The number of hydrogen-bond acceptors (Lipinski definition) is 3. The zero-order chi connectivity index (χ0) is 8.43. The summed E-state index contributed by atoms with van der Waals surface area (Å²) in [6.45, 7) is 1.73. The van der Waals surface area contributed by atoms with Crippen LogP contribution in [0.4, 0.5) is 0 Å². The Morgan fingerprint density at radius 3 is 2.91 bits per heavy atom. The Bertz CT molecular complexity index is 345. The van der Waals surface area contributed by atoms with Gasteiger partial charge in [-0.05, 0) is 25.2 Å². The fraction of sp³-hybridized carbons (Fsp3) is 0.167. The maximum absolute atomic E-state index is 10.4. The minimum atomic E-state index is -1.06. The summed E-state index contributed by atoms with van der Waals surface area (Å²) in [5.74, 6) is -1.06. The lowest BCUT2D eigenvalue weighted by Gasteiger charge is -1.94. The van der Waals surface area contributed by atoms with Crippen molar-refractivity contribution in [3.8, 4) is 0 Å². The van der Waals surface area contributed by atoms with Gasteiger partial charge in [0.1, 0.15) is 0 Å². The van der Waals surface area contributed by atoms with E-state index in [2.05, 4.69) is 22.2 Å². The Kier molecular flexibility index (Phi) is 2.00. The molecular formula is C6H6N2O2S. The van der Waals surface area contributed by atoms with Crippen LogP contribution in [-0.2, 0) is 0 Å². The summed E-state index contributed by atoms with van der Waals surface area (Å²) < 4.78 is 0.197. The van der Waals surface area contributed by atoms with Gasteiger partial charge in [0.2, 0.25) is 0 Å². The standard InChI is InChI=1S/C6H6N2O2S/c1-3-2-4(5(9)10)8-6(11)7-3/h2H,1H3,(H,9,10)(H,7,8,11). The first kappa shape index (κ1) is 7.87. The van der Waals surface area contributed by atoms with E-state index in [1.54, 1.807) is 6.92 Å². The van der Waals surface area contributed by atoms with Gasteiger partial charge in [-0.25, -0.2) is 9.78 Å². The Morgan fingerprint density at radius 1 is 1.82 bits per heavy atom. The molecule has 0 aliphatic heterocycles. The van der Waals surface area contributed by atoms with Gasteiger partial charge >= 0.3 is 5.97 Å². The fourth-order valence-corrected chi connectivity index (χ4v) is 0.948. The number of aromatic nitrogens is 2. The van der Waals surface area contributed by atoms with Crippen LogP contribution >= 0.6 is 12.2 Å². The molecule has 1 heterocycles. The molecule has 0 radical (unpaired) electrons. The van der Waals surface area contributed by atoms with Crippen molar-refractivity contribution < 1.29 is 9.90 Å². The third-order valence-corrected chi connectivity index (χ3v) is 1.29. The molecule has 0 spiro atoms. The van der Waals surface area contributed by atoms with E-state index in [1.807, 2.05) is 0 Å². The van der Waals surface area contributed by atoms with Crippen LogP contribution in [-0.4, -0.2) is 21.0 Å². The smallest absolute Gasteiger partial charge is 0.354 e. The third kappa shape index (κ3) is 1.84. The predicted molar refractivity (Wildman–Crippen MR) is 41.1 cm³/mol. The Balaban J connectivity index is 3.30. The molecule has 0 bridgehead atoms. The molecule has 4 nitrogen and oxygen atoms in total. The molecule has 58 valence electrons. The molecule has 1 aromatic heterocycles. The number of hydrogen-bond donors (Lipinski definition) is 2. The molecule has 0 aliphatic carbocycles. The number of nitrogens with zero attached hydrogens (tertiary/aromatic N) is 1. The first-order valence-electron chi connectivity index (χ1n) is 2.91. The summed E-state index contributed by atoms with van der Waals surface area (Å²) in [6, 6.07) is 1.43. The zero-order valence-corrected chi connectivity index (χ0v) is 6.60. The van der Waals surface area contributed by atoms with Gasteiger partial charge in [-0.15, -0.1) is 0 Å². The van der Waals surface area contributed by atoms with Crippen molar-refractivity contribution in [2.75, 3.05) is 0 Å². The van der Waals surface area contributed by atoms with Gasteiger partial charge in [-0.3, -0.25) is 0 Å². The molecule has 0 unspecified atom stereocenters. The maximum atomic E-state index is 10.4. The van der Waals surface area contributed by atoms with Gasteiger partial charge in [-0.1, -0.05) is 0 Å². The highest BCUT2D eigenvalue weighted by Crippen LogP contribution is 1.96. The topological polar surface area (TPSA) is 66.0 Å².